The molecule has 4 nitrogen and oxygen atoms in total. The highest BCUT2D eigenvalue weighted by Gasteiger charge is 2.35. The van der Waals surface area contributed by atoms with Crippen LogP contribution in [0.2, 0.25) is 0 Å². The lowest BCUT2D eigenvalue weighted by Crippen LogP contribution is -2.31. The number of carbonyl (C=O) groups is 2. The molecule has 1 aliphatic rings. The normalized spacial score (nSPS) is 14.6. The number of nitrogens with zero attached hydrogens (tertiary/aromatic N) is 1. The van der Waals surface area contributed by atoms with Gasteiger partial charge in [-0.3, -0.25) is 14.5 Å². The van der Waals surface area contributed by atoms with Crippen molar-refractivity contribution < 1.29 is 14.3 Å². The Labute approximate surface area is 161 Å². The summed E-state index contributed by atoms with van der Waals surface area (Å²) in [7, 11) is 1.66. The van der Waals surface area contributed by atoms with Crippen molar-refractivity contribution in [3.8, 4) is 5.75 Å². The van der Waals surface area contributed by atoms with E-state index >= 15 is 0 Å². The third-order valence-electron chi connectivity index (χ3n) is 5.26. The Morgan fingerprint density at radius 3 is 1.96 bits per heavy atom. The summed E-state index contributed by atoms with van der Waals surface area (Å²) in [4.78, 5) is 26.6. The van der Waals surface area contributed by atoms with Crippen LogP contribution in [0.5, 0.6) is 5.75 Å². The minimum Gasteiger partial charge on any atom is -0.497 e. The van der Waals surface area contributed by atoms with Crippen molar-refractivity contribution in [3.05, 3.63) is 65.2 Å². The second kappa shape index (κ2) is 8.38. The first kappa shape index (κ1) is 19.2. The molecule has 4 heteroatoms. The molecule has 1 atom stereocenters. The molecule has 3 rings (SSSR count). The third kappa shape index (κ3) is 4.21. The van der Waals surface area contributed by atoms with Gasteiger partial charge < -0.3 is 4.74 Å². The van der Waals surface area contributed by atoms with E-state index < -0.39 is 0 Å². The maximum Gasteiger partial charge on any atom is 0.261 e. The first-order valence-electron chi connectivity index (χ1n) is 9.60. The second-order valence-corrected chi connectivity index (χ2v) is 7.54. The summed E-state index contributed by atoms with van der Waals surface area (Å²) >= 11 is 0. The van der Waals surface area contributed by atoms with Gasteiger partial charge in [0.1, 0.15) is 5.75 Å². The number of fused-ring (bicyclic) bond motifs is 1. The number of ether oxygens (including phenoxy) is 1. The summed E-state index contributed by atoms with van der Waals surface area (Å²) in [6.45, 7) is 4.88. The standard InChI is InChI=1S/C23H27NO3/c1-16(2)8-9-18(17-10-12-19(27-3)13-11-17)14-15-24-22(25)20-6-4-5-7-21(20)23(24)26/h4-7,10-13,16,18H,8-9,14-15H2,1-3H3/t18-/m0/s1. The third-order valence-corrected chi connectivity index (χ3v) is 5.26. The number of hydrogen-bond acceptors (Lipinski definition) is 3. The van der Waals surface area contributed by atoms with E-state index in [4.69, 9.17) is 4.74 Å². The number of methoxy groups -OCH3 is 1. The number of rotatable bonds is 8. The van der Waals surface area contributed by atoms with Gasteiger partial charge in [0.15, 0.2) is 0 Å². The molecule has 2 aromatic rings. The molecule has 0 N–H and O–H groups in total. The Hall–Kier alpha value is -2.62. The highest BCUT2D eigenvalue weighted by atomic mass is 16.5. The van der Waals surface area contributed by atoms with Crippen molar-refractivity contribution in [1.82, 2.24) is 4.90 Å². The van der Waals surface area contributed by atoms with Crippen LogP contribution in [-0.2, 0) is 0 Å². The zero-order valence-corrected chi connectivity index (χ0v) is 16.3. The Balaban J connectivity index is 1.72. The van der Waals surface area contributed by atoms with E-state index in [1.807, 2.05) is 12.1 Å². The summed E-state index contributed by atoms with van der Waals surface area (Å²) in [6.07, 6.45) is 2.91. The average Bonchev–Trinajstić information content (AvgIpc) is 2.93. The van der Waals surface area contributed by atoms with E-state index in [-0.39, 0.29) is 11.8 Å². The summed E-state index contributed by atoms with van der Waals surface area (Å²) < 4.78 is 5.25. The fraction of sp³-hybridized carbons (Fsp3) is 0.391. The highest BCUT2D eigenvalue weighted by molar-refractivity contribution is 6.21. The summed E-state index contributed by atoms with van der Waals surface area (Å²) in [5.41, 5.74) is 2.27. The van der Waals surface area contributed by atoms with Crippen molar-refractivity contribution in [1.29, 1.82) is 0 Å². The van der Waals surface area contributed by atoms with Crippen molar-refractivity contribution in [2.24, 2.45) is 5.92 Å². The molecule has 27 heavy (non-hydrogen) atoms. The average molecular weight is 365 g/mol. The van der Waals surface area contributed by atoms with Crippen molar-refractivity contribution in [3.63, 3.8) is 0 Å². The van der Waals surface area contributed by atoms with Crippen LogP contribution in [0.1, 0.15) is 65.3 Å². The monoisotopic (exact) mass is 365 g/mol. The fourth-order valence-corrected chi connectivity index (χ4v) is 3.62. The Kier molecular flexibility index (Phi) is 5.94. The molecular formula is C23H27NO3. The molecule has 2 amide bonds. The largest absolute Gasteiger partial charge is 0.497 e. The van der Waals surface area contributed by atoms with Gasteiger partial charge in [0, 0.05) is 6.54 Å². The van der Waals surface area contributed by atoms with Crippen LogP contribution >= 0.6 is 0 Å². The van der Waals surface area contributed by atoms with Gasteiger partial charge in [-0.1, -0.05) is 44.5 Å². The molecule has 1 heterocycles. The SMILES string of the molecule is COc1ccc([C@@H](CCC(C)C)CCN2C(=O)c3ccccc3C2=O)cc1. The maximum absolute atomic E-state index is 12.6. The molecule has 0 unspecified atom stereocenters. The van der Waals surface area contributed by atoms with Crippen LogP contribution in [0, 0.1) is 5.92 Å². The zero-order chi connectivity index (χ0) is 19.4. The van der Waals surface area contributed by atoms with Gasteiger partial charge in [0.05, 0.1) is 18.2 Å². The minimum absolute atomic E-state index is 0.173. The Morgan fingerprint density at radius 2 is 1.44 bits per heavy atom. The Morgan fingerprint density at radius 1 is 0.852 bits per heavy atom. The molecule has 0 saturated heterocycles. The fourth-order valence-electron chi connectivity index (χ4n) is 3.62. The van der Waals surface area contributed by atoms with Gasteiger partial charge in [-0.15, -0.1) is 0 Å². The van der Waals surface area contributed by atoms with Crippen molar-refractivity contribution in [2.75, 3.05) is 13.7 Å². The zero-order valence-electron chi connectivity index (χ0n) is 16.3. The highest BCUT2D eigenvalue weighted by Crippen LogP contribution is 2.30. The molecule has 0 aromatic heterocycles. The summed E-state index contributed by atoms with van der Waals surface area (Å²) in [5, 5.41) is 0. The lowest BCUT2D eigenvalue weighted by Gasteiger charge is -2.22. The van der Waals surface area contributed by atoms with Crippen LogP contribution in [0.3, 0.4) is 0 Å². The van der Waals surface area contributed by atoms with Gasteiger partial charge in [0.2, 0.25) is 0 Å². The number of benzene rings is 2. The predicted molar refractivity (Wildman–Crippen MR) is 106 cm³/mol. The van der Waals surface area contributed by atoms with E-state index in [1.54, 1.807) is 31.4 Å². The number of imide groups is 1. The van der Waals surface area contributed by atoms with Crippen LogP contribution < -0.4 is 4.74 Å². The second-order valence-electron chi connectivity index (χ2n) is 7.54. The lowest BCUT2D eigenvalue weighted by atomic mass is 9.88. The first-order valence-corrected chi connectivity index (χ1v) is 9.60. The van der Waals surface area contributed by atoms with Crippen LogP contribution in [-0.4, -0.2) is 30.4 Å². The Bertz CT molecular complexity index is 776. The molecule has 142 valence electrons. The summed E-state index contributed by atoms with van der Waals surface area (Å²) in [6, 6.07) is 15.2. The number of amides is 2. The van der Waals surface area contributed by atoms with Gasteiger partial charge >= 0.3 is 0 Å². The molecule has 0 fully saturated rings. The quantitative estimate of drug-likeness (QED) is 0.625. The summed E-state index contributed by atoms with van der Waals surface area (Å²) in [5.74, 6) is 1.41. The van der Waals surface area contributed by atoms with E-state index in [9.17, 15) is 9.59 Å². The van der Waals surface area contributed by atoms with Crippen LogP contribution in [0.4, 0.5) is 0 Å². The van der Waals surface area contributed by atoms with Gasteiger partial charge in [-0.25, -0.2) is 0 Å². The number of carbonyl (C=O) groups excluding carboxylic acids is 2. The topological polar surface area (TPSA) is 46.6 Å². The molecule has 0 aliphatic carbocycles. The number of hydrogen-bond donors (Lipinski definition) is 0. The van der Waals surface area contributed by atoms with Gasteiger partial charge in [0.25, 0.3) is 11.8 Å². The van der Waals surface area contributed by atoms with Crippen molar-refractivity contribution in [2.45, 2.75) is 39.0 Å². The molecule has 0 saturated carbocycles. The maximum atomic E-state index is 12.6. The van der Waals surface area contributed by atoms with Crippen molar-refractivity contribution >= 4 is 11.8 Å². The lowest BCUT2D eigenvalue weighted by molar-refractivity contribution is 0.0649. The molecule has 0 bridgehead atoms. The molecule has 2 aromatic carbocycles. The van der Waals surface area contributed by atoms with Crippen LogP contribution in [0.15, 0.2) is 48.5 Å². The minimum atomic E-state index is -0.173. The molecule has 0 spiro atoms. The smallest absolute Gasteiger partial charge is 0.261 e. The van der Waals surface area contributed by atoms with Crippen LogP contribution in [0.25, 0.3) is 0 Å². The van der Waals surface area contributed by atoms with E-state index in [2.05, 4.69) is 26.0 Å². The molecule has 1 aliphatic heterocycles. The molecular weight excluding hydrogens is 338 g/mol. The molecule has 0 radical (unpaired) electrons. The first-order chi connectivity index (χ1) is 13.0. The van der Waals surface area contributed by atoms with Gasteiger partial charge in [-0.05, 0) is 54.5 Å². The van der Waals surface area contributed by atoms with E-state index in [0.29, 0.717) is 29.5 Å². The predicted octanol–water partition coefficient (Wildman–Crippen LogP) is 4.90. The van der Waals surface area contributed by atoms with E-state index in [1.165, 1.54) is 10.5 Å². The van der Waals surface area contributed by atoms with E-state index in [0.717, 1.165) is 25.0 Å². The van der Waals surface area contributed by atoms with Gasteiger partial charge in [-0.2, -0.15) is 0 Å².